The Balaban J connectivity index is 1.46. The number of hydrogen-bond acceptors (Lipinski definition) is 3. The lowest BCUT2D eigenvalue weighted by molar-refractivity contribution is 0.274. The molecular weight excluding hydrogens is 264 g/mol. The molecule has 1 aliphatic carbocycles. The second-order valence-electron chi connectivity index (χ2n) is 6.50. The zero-order chi connectivity index (χ0) is 13.8. The first-order chi connectivity index (χ1) is 9.83. The predicted molar refractivity (Wildman–Crippen MR) is 87.1 cm³/mol. The highest BCUT2D eigenvalue weighted by atomic mass is 32.1. The standard InChI is InChI=1S/C17H28N2S/c1-2-14-4-3-10-19(11-9-14)13-17-8-7-16(20-17)12-18-15-5-6-15/h7-8,14-15,18H,2-6,9-13H2,1H3. The molecule has 2 fully saturated rings. The van der Waals surface area contributed by atoms with Crippen molar-refractivity contribution >= 4 is 11.3 Å². The Morgan fingerprint density at radius 2 is 2.00 bits per heavy atom. The number of nitrogens with one attached hydrogen (secondary N) is 1. The van der Waals surface area contributed by atoms with Crippen LogP contribution in [0.4, 0.5) is 0 Å². The molecule has 3 heteroatoms. The molecule has 0 spiro atoms. The van der Waals surface area contributed by atoms with Gasteiger partial charge in [-0.2, -0.15) is 0 Å². The van der Waals surface area contributed by atoms with Crippen molar-refractivity contribution in [3.05, 3.63) is 21.9 Å². The number of rotatable bonds is 6. The Bertz CT molecular complexity index is 411. The van der Waals surface area contributed by atoms with Gasteiger partial charge in [-0.1, -0.05) is 13.3 Å². The molecule has 3 rings (SSSR count). The van der Waals surface area contributed by atoms with Gasteiger partial charge in [-0.15, -0.1) is 11.3 Å². The number of hydrogen-bond donors (Lipinski definition) is 1. The van der Waals surface area contributed by atoms with E-state index in [1.165, 1.54) is 63.0 Å². The summed E-state index contributed by atoms with van der Waals surface area (Å²) >= 11 is 2.01. The summed E-state index contributed by atoms with van der Waals surface area (Å²) in [6.07, 6.45) is 8.35. The third kappa shape index (κ3) is 4.31. The normalized spacial score (nSPS) is 24.8. The summed E-state index contributed by atoms with van der Waals surface area (Å²) < 4.78 is 0. The van der Waals surface area contributed by atoms with Crippen LogP contribution in [0.25, 0.3) is 0 Å². The molecule has 1 aromatic rings. The van der Waals surface area contributed by atoms with Gasteiger partial charge in [0.05, 0.1) is 0 Å². The van der Waals surface area contributed by atoms with Crippen molar-refractivity contribution in [2.24, 2.45) is 5.92 Å². The van der Waals surface area contributed by atoms with E-state index >= 15 is 0 Å². The SMILES string of the molecule is CCC1CCCN(Cc2ccc(CNC3CC3)s2)CC1. The highest BCUT2D eigenvalue weighted by Gasteiger charge is 2.20. The minimum absolute atomic E-state index is 0.817. The topological polar surface area (TPSA) is 15.3 Å². The molecule has 20 heavy (non-hydrogen) atoms. The third-order valence-electron chi connectivity index (χ3n) is 4.76. The number of thiophene rings is 1. The lowest BCUT2D eigenvalue weighted by Crippen LogP contribution is -2.23. The van der Waals surface area contributed by atoms with Crippen LogP contribution in [0.5, 0.6) is 0 Å². The van der Waals surface area contributed by atoms with Crippen molar-refractivity contribution in [3.8, 4) is 0 Å². The predicted octanol–water partition coefficient (Wildman–Crippen LogP) is 4.01. The molecule has 0 radical (unpaired) electrons. The molecule has 0 amide bonds. The molecule has 1 atom stereocenters. The molecule has 1 unspecified atom stereocenters. The summed E-state index contributed by atoms with van der Waals surface area (Å²) in [5.74, 6) is 0.974. The molecule has 1 aromatic heterocycles. The van der Waals surface area contributed by atoms with Crippen molar-refractivity contribution in [2.45, 2.75) is 64.6 Å². The number of nitrogens with zero attached hydrogens (tertiary/aromatic N) is 1. The van der Waals surface area contributed by atoms with E-state index < -0.39 is 0 Å². The van der Waals surface area contributed by atoms with Crippen LogP contribution in [0.2, 0.25) is 0 Å². The average Bonchev–Trinajstić information content (AvgIpc) is 3.22. The van der Waals surface area contributed by atoms with E-state index in [1.54, 1.807) is 4.88 Å². The molecular formula is C17H28N2S. The number of likely N-dealkylation sites (tertiary alicyclic amines) is 1. The zero-order valence-electron chi connectivity index (χ0n) is 12.7. The van der Waals surface area contributed by atoms with Crippen molar-refractivity contribution in [2.75, 3.05) is 13.1 Å². The van der Waals surface area contributed by atoms with Gasteiger partial charge in [-0.3, -0.25) is 4.90 Å². The van der Waals surface area contributed by atoms with E-state index in [-0.39, 0.29) is 0 Å². The maximum atomic E-state index is 3.61. The minimum Gasteiger partial charge on any atom is -0.309 e. The summed E-state index contributed by atoms with van der Waals surface area (Å²) in [5, 5.41) is 3.61. The van der Waals surface area contributed by atoms with E-state index in [4.69, 9.17) is 0 Å². The monoisotopic (exact) mass is 292 g/mol. The Hall–Kier alpha value is -0.380. The smallest absolute Gasteiger partial charge is 0.0328 e. The fourth-order valence-electron chi connectivity index (χ4n) is 3.15. The van der Waals surface area contributed by atoms with E-state index in [0.717, 1.165) is 18.5 Å². The van der Waals surface area contributed by atoms with Crippen molar-refractivity contribution in [3.63, 3.8) is 0 Å². The van der Waals surface area contributed by atoms with Gasteiger partial charge < -0.3 is 5.32 Å². The fraction of sp³-hybridized carbons (Fsp3) is 0.765. The van der Waals surface area contributed by atoms with Crippen molar-refractivity contribution < 1.29 is 0 Å². The Kier molecular flexibility index (Phi) is 5.14. The summed E-state index contributed by atoms with van der Waals surface area (Å²) in [7, 11) is 0. The highest BCUT2D eigenvalue weighted by molar-refractivity contribution is 7.11. The summed E-state index contributed by atoms with van der Waals surface area (Å²) in [6, 6.07) is 5.48. The molecule has 2 aliphatic rings. The van der Waals surface area contributed by atoms with Gasteiger partial charge in [0, 0.05) is 28.9 Å². The molecule has 0 aromatic carbocycles. The Morgan fingerprint density at radius 1 is 1.15 bits per heavy atom. The van der Waals surface area contributed by atoms with Crippen LogP contribution < -0.4 is 5.32 Å². The largest absolute Gasteiger partial charge is 0.309 e. The van der Waals surface area contributed by atoms with Gasteiger partial charge in [0.15, 0.2) is 0 Å². The molecule has 2 nitrogen and oxygen atoms in total. The second kappa shape index (κ2) is 7.06. The molecule has 1 saturated heterocycles. The van der Waals surface area contributed by atoms with Crippen LogP contribution in [0.3, 0.4) is 0 Å². The van der Waals surface area contributed by atoms with Crippen molar-refractivity contribution in [1.82, 2.24) is 10.2 Å². The van der Waals surface area contributed by atoms with Crippen LogP contribution in [0.15, 0.2) is 12.1 Å². The quantitative estimate of drug-likeness (QED) is 0.852. The zero-order valence-corrected chi connectivity index (χ0v) is 13.6. The minimum atomic E-state index is 0.817. The average molecular weight is 292 g/mol. The van der Waals surface area contributed by atoms with E-state index in [2.05, 4.69) is 29.3 Å². The molecule has 1 aliphatic heterocycles. The summed E-state index contributed by atoms with van der Waals surface area (Å²) in [6.45, 7) is 7.19. The first-order valence-electron chi connectivity index (χ1n) is 8.37. The maximum Gasteiger partial charge on any atom is 0.0328 e. The lowest BCUT2D eigenvalue weighted by atomic mass is 9.98. The van der Waals surface area contributed by atoms with Gasteiger partial charge in [-0.05, 0) is 63.2 Å². The van der Waals surface area contributed by atoms with E-state index in [1.807, 2.05) is 11.3 Å². The van der Waals surface area contributed by atoms with Crippen LogP contribution >= 0.6 is 11.3 Å². The van der Waals surface area contributed by atoms with Crippen molar-refractivity contribution in [1.29, 1.82) is 0 Å². The fourth-order valence-corrected chi connectivity index (χ4v) is 4.16. The van der Waals surface area contributed by atoms with Gasteiger partial charge in [0.2, 0.25) is 0 Å². The van der Waals surface area contributed by atoms with Crippen LogP contribution in [-0.4, -0.2) is 24.0 Å². The molecule has 1 N–H and O–H groups in total. The van der Waals surface area contributed by atoms with E-state index in [9.17, 15) is 0 Å². The van der Waals surface area contributed by atoms with Crippen LogP contribution in [0, 0.1) is 5.92 Å². The second-order valence-corrected chi connectivity index (χ2v) is 7.76. The van der Waals surface area contributed by atoms with Crippen LogP contribution in [0.1, 0.15) is 55.2 Å². The summed E-state index contributed by atoms with van der Waals surface area (Å²) in [4.78, 5) is 5.72. The summed E-state index contributed by atoms with van der Waals surface area (Å²) in [5.41, 5.74) is 0. The van der Waals surface area contributed by atoms with Gasteiger partial charge in [0.25, 0.3) is 0 Å². The van der Waals surface area contributed by atoms with E-state index in [0.29, 0.717) is 0 Å². The Labute approximate surface area is 127 Å². The molecule has 0 bridgehead atoms. The molecule has 1 saturated carbocycles. The maximum absolute atomic E-state index is 3.61. The lowest BCUT2D eigenvalue weighted by Gasteiger charge is -2.19. The van der Waals surface area contributed by atoms with Gasteiger partial charge in [-0.25, -0.2) is 0 Å². The van der Waals surface area contributed by atoms with Gasteiger partial charge in [0.1, 0.15) is 0 Å². The van der Waals surface area contributed by atoms with Gasteiger partial charge >= 0.3 is 0 Å². The highest BCUT2D eigenvalue weighted by Crippen LogP contribution is 2.25. The first-order valence-corrected chi connectivity index (χ1v) is 9.18. The molecule has 2 heterocycles. The first kappa shape index (κ1) is 14.6. The molecule has 112 valence electrons. The Morgan fingerprint density at radius 3 is 2.80 bits per heavy atom. The van der Waals surface area contributed by atoms with Crippen LogP contribution in [-0.2, 0) is 13.1 Å². The third-order valence-corrected chi connectivity index (χ3v) is 5.83.